The van der Waals surface area contributed by atoms with Crippen molar-refractivity contribution in [1.29, 1.82) is 0 Å². The average Bonchev–Trinajstić information content (AvgIpc) is 2.46. The number of nitrogens with one attached hydrogen (secondary N) is 1. The van der Waals surface area contributed by atoms with E-state index in [0.717, 1.165) is 11.1 Å². The molecule has 0 aliphatic heterocycles. The van der Waals surface area contributed by atoms with Crippen LogP contribution in [0.15, 0.2) is 60.7 Å². The summed E-state index contributed by atoms with van der Waals surface area (Å²) in [7, 11) is 0. The molecule has 0 radical (unpaired) electrons. The summed E-state index contributed by atoms with van der Waals surface area (Å²) in [6.45, 7) is 1.50. The Morgan fingerprint density at radius 3 is 1.89 bits per heavy atom. The third-order valence-electron chi connectivity index (χ3n) is 2.93. The molecule has 19 heavy (non-hydrogen) atoms. The number of carbonyl (C=O) groups is 1. The van der Waals surface area contributed by atoms with Crippen molar-refractivity contribution < 1.29 is 4.79 Å². The maximum absolute atomic E-state index is 11.4. The van der Waals surface area contributed by atoms with Crippen molar-refractivity contribution in [3.05, 3.63) is 71.8 Å². The van der Waals surface area contributed by atoms with Crippen molar-refractivity contribution in [2.45, 2.75) is 18.3 Å². The van der Waals surface area contributed by atoms with E-state index in [1.54, 1.807) is 0 Å². The molecule has 0 saturated heterocycles. The normalized spacial score (nSPS) is 13.6. The minimum absolute atomic E-state index is 0.0876. The van der Waals surface area contributed by atoms with Gasteiger partial charge >= 0.3 is 0 Å². The first-order chi connectivity index (χ1) is 9.18. The first-order valence-electron chi connectivity index (χ1n) is 6.19. The predicted octanol–water partition coefficient (Wildman–Crippen LogP) is 3.84. The Morgan fingerprint density at radius 2 is 1.42 bits per heavy atom. The van der Waals surface area contributed by atoms with Crippen molar-refractivity contribution in [2.75, 3.05) is 0 Å². The molecule has 1 N–H and O–H groups in total. The fraction of sp³-hybridized carbons (Fsp3) is 0.188. The van der Waals surface area contributed by atoms with Crippen molar-refractivity contribution in [1.82, 2.24) is 5.32 Å². The number of alkyl halides is 1. The lowest BCUT2D eigenvalue weighted by Crippen LogP contribution is -2.29. The van der Waals surface area contributed by atoms with Crippen molar-refractivity contribution in [3.63, 3.8) is 0 Å². The number of halogens is 1. The Hall–Kier alpha value is -1.80. The minimum Gasteiger partial charge on any atom is -0.348 e. The smallest absolute Gasteiger partial charge is 0.217 e. The molecule has 0 saturated carbocycles. The summed E-state index contributed by atoms with van der Waals surface area (Å²) < 4.78 is 0. The van der Waals surface area contributed by atoms with Gasteiger partial charge < -0.3 is 5.32 Å². The standard InChI is InChI=1S/C16H16ClNO/c1-12(19)18-16(14-10-6-3-7-11-14)15(17)13-8-4-2-5-9-13/h2-11,15-16H,1H3,(H,18,19)/t15-,16+/m0/s1. The van der Waals surface area contributed by atoms with Crippen LogP contribution in [0.25, 0.3) is 0 Å². The lowest BCUT2D eigenvalue weighted by molar-refractivity contribution is -0.119. The fourth-order valence-corrected chi connectivity index (χ4v) is 2.39. The van der Waals surface area contributed by atoms with E-state index >= 15 is 0 Å². The van der Waals surface area contributed by atoms with Crippen LogP contribution in [-0.4, -0.2) is 5.91 Å². The number of rotatable bonds is 4. The largest absolute Gasteiger partial charge is 0.348 e. The van der Waals surface area contributed by atoms with Crippen LogP contribution in [0.5, 0.6) is 0 Å². The molecule has 2 aromatic rings. The minimum atomic E-state index is -0.299. The van der Waals surface area contributed by atoms with Gasteiger partial charge in [0.05, 0.1) is 11.4 Å². The molecule has 0 unspecified atom stereocenters. The van der Waals surface area contributed by atoms with E-state index in [4.69, 9.17) is 11.6 Å². The molecule has 0 fully saturated rings. The molecular formula is C16H16ClNO. The average molecular weight is 274 g/mol. The molecule has 0 heterocycles. The van der Waals surface area contributed by atoms with Crippen LogP contribution in [0.3, 0.4) is 0 Å². The van der Waals surface area contributed by atoms with Crippen LogP contribution in [0, 0.1) is 0 Å². The van der Waals surface area contributed by atoms with Crippen molar-refractivity contribution in [3.8, 4) is 0 Å². The second kappa shape index (κ2) is 6.39. The van der Waals surface area contributed by atoms with E-state index in [9.17, 15) is 4.79 Å². The highest BCUT2D eigenvalue weighted by Gasteiger charge is 2.23. The topological polar surface area (TPSA) is 29.1 Å². The molecule has 2 aromatic carbocycles. The van der Waals surface area contributed by atoms with Gasteiger partial charge in [-0.2, -0.15) is 0 Å². The summed E-state index contributed by atoms with van der Waals surface area (Å²) >= 11 is 6.54. The third-order valence-corrected chi connectivity index (χ3v) is 3.43. The lowest BCUT2D eigenvalue weighted by Gasteiger charge is -2.24. The van der Waals surface area contributed by atoms with Crippen LogP contribution in [0.1, 0.15) is 29.5 Å². The summed E-state index contributed by atoms with van der Waals surface area (Å²) in [4.78, 5) is 11.4. The van der Waals surface area contributed by atoms with Gasteiger partial charge in [0, 0.05) is 6.92 Å². The highest BCUT2D eigenvalue weighted by atomic mass is 35.5. The van der Waals surface area contributed by atoms with Crippen molar-refractivity contribution in [2.24, 2.45) is 0 Å². The zero-order valence-corrected chi connectivity index (χ0v) is 11.5. The number of carbonyl (C=O) groups excluding carboxylic acids is 1. The number of amides is 1. The zero-order chi connectivity index (χ0) is 13.7. The summed E-state index contributed by atoms with van der Waals surface area (Å²) in [5, 5.41) is 2.62. The molecule has 0 aromatic heterocycles. The van der Waals surface area contributed by atoms with Gasteiger partial charge in [-0.3, -0.25) is 4.79 Å². The molecule has 1 amide bonds. The van der Waals surface area contributed by atoms with Gasteiger partial charge in [0.2, 0.25) is 5.91 Å². The molecule has 0 bridgehead atoms. The Labute approximate surface area is 118 Å². The van der Waals surface area contributed by atoms with Gasteiger partial charge in [0.1, 0.15) is 0 Å². The van der Waals surface area contributed by atoms with E-state index in [1.807, 2.05) is 60.7 Å². The highest BCUT2D eigenvalue weighted by Crippen LogP contribution is 2.34. The Bertz CT molecular complexity index is 527. The molecule has 0 spiro atoms. The number of hydrogen-bond acceptors (Lipinski definition) is 1. The molecule has 0 aliphatic rings. The Balaban J connectivity index is 2.30. The number of benzene rings is 2. The van der Waals surface area contributed by atoms with Crippen LogP contribution >= 0.6 is 11.6 Å². The first-order valence-corrected chi connectivity index (χ1v) is 6.63. The van der Waals surface area contributed by atoms with Gasteiger partial charge in [-0.15, -0.1) is 11.6 Å². The molecule has 0 aliphatic carbocycles. The summed E-state index contributed by atoms with van der Waals surface area (Å²) in [6, 6.07) is 19.3. The van der Waals surface area contributed by atoms with Crippen LogP contribution in [0.2, 0.25) is 0 Å². The SMILES string of the molecule is CC(=O)N[C@H](c1ccccc1)[C@@H](Cl)c1ccccc1. The second-order valence-corrected chi connectivity index (χ2v) is 4.87. The van der Waals surface area contributed by atoms with Gasteiger partial charge in [0.25, 0.3) is 0 Å². The molecule has 2 nitrogen and oxygen atoms in total. The fourth-order valence-electron chi connectivity index (χ4n) is 2.03. The van der Waals surface area contributed by atoms with Gasteiger partial charge in [-0.05, 0) is 11.1 Å². The summed E-state index contributed by atoms with van der Waals surface area (Å²) in [6.07, 6.45) is 0. The quantitative estimate of drug-likeness (QED) is 0.843. The molecule has 2 rings (SSSR count). The van der Waals surface area contributed by atoms with Crippen LogP contribution in [-0.2, 0) is 4.79 Å². The maximum atomic E-state index is 11.4. The van der Waals surface area contributed by atoms with E-state index in [2.05, 4.69) is 5.32 Å². The Morgan fingerprint density at radius 1 is 0.947 bits per heavy atom. The van der Waals surface area contributed by atoms with E-state index < -0.39 is 0 Å². The summed E-state index contributed by atoms with van der Waals surface area (Å²) in [5.41, 5.74) is 1.99. The second-order valence-electron chi connectivity index (χ2n) is 4.40. The predicted molar refractivity (Wildman–Crippen MR) is 78.0 cm³/mol. The third kappa shape index (κ3) is 3.58. The molecule has 98 valence electrons. The van der Waals surface area contributed by atoms with E-state index in [0.29, 0.717) is 0 Å². The highest BCUT2D eigenvalue weighted by molar-refractivity contribution is 6.21. The van der Waals surface area contributed by atoms with Crippen LogP contribution in [0.4, 0.5) is 0 Å². The van der Waals surface area contributed by atoms with E-state index in [1.165, 1.54) is 6.92 Å². The summed E-state index contributed by atoms with van der Waals surface area (Å²) in [5.74, 6) is -0.0876. The monoisotopic (exact) mass is 273 g/mol. The van der Waals surface area contributed by atoms with E-state index in [-0.39, 0.29) is 17.3 Å². The van der Waals surface area contributed by atoms with Gasteiger partial charge in [-0.25, -0.2) is 0 Å². The van der Waals surface area contributed by atoms with Gasteiger partial charge in [0.15, 0.2) is 0 Å². The zero-order valence-electron chi connectivity index (χ0n) is 10.7. The maximum Gasteiger partial charge on any atom is 0.217 e. The first kappa shape index (κ1) is 13.6. The molecule has 2 atom stereocenters. The number of hydrogen-bond donors (Lipinski definition) is 1. The lowest BCUT2D eigenvalue weighted by atomic mass is 9.98. The van der Waals surface area contributed by atoms with Gasteiger partial charge in [-0.1, -0.05) is 60.7 Å². The van der Waals surface area contributed by atoms with Crippen LogP contribution < -0.4 is 5.32 Å². The van der Waals surface area contributed by atoms with Crippen molar-refractivity contribution >= 4 is 17.5 Å². The Kier molecular flexibility index (Phi) is 4.58. The molecular weight excluding hydrogens is 258 g/mol. The molecule has 3 heteroatoms.